The van der Waals surface area contributed by atoms with Crippen LogP contribution in [0.4, 0.5) is 25.0 Å². The Morgan fingerprint density at radius 1 is 1.17 bits per heavy atom. The zero-order valence-corrected chi connectivity index (χ0v) is 17.2. The summed E-state index contributed by atoms with van der Waals surface area (Å²) in [5.74, 6) is -3.38. The molecule has 0 atom stereocenters. The molecule has 3 amide bonds. The van der Waals surface area contributed by atoms with Crippen molar-refractivity contribution in [3.63, 3.8) is 0 Å². The van der Waals surface area contributed by atoms with Crippen molar-refractivity contribution in [1.29, 1.82) is 0 Å². The highest BCUT2D eigenvalue weighted by Crippen LogP contribution is 2.37. The third-order valence-electron chi connectivity index (χ3n) is 3.93. The van der Waals surface area contributed by atoms with Crippen molar-refractivity contribution in [3.8, 4) is 0 Å². The quantitative estimate of drug-likeness (QED) is 0.570. The molecule has 0 aromatic heterocycles. The van der Waals surface area contributed by atoms with Gasteiger partial charge in [0, 0.05) is 18.3 Å². The largest absolute Gasteiger partial charge is 0.363 e. The summed E-state index contributed by atoms with van der Waals surface area (Å²) >= 11 is 12.7. The third-order valence-corrected chi connectivity index (χ3v) is 4.50. The highest BCUT2D eigenvalue weighted by molar-refractivity contribution is 6.39. The average molecular weight is 442 g/mol. The lowest BCUT2D eigenvalue weighted by molar-refractivity contribution is 0.0959. The van der Waals surface area contributed by atoms with E-state index in [2.05, 4.69) is 11.9 Å². The SMILES string of the molecule is C=CCN(c1c(Cl)cc(NC(=O)NC(=O)c2c(F)cccc2F)cc1Cl)C(C)C. The van der Waals surface area contributed by atoms with Crippen LogP contribution in [0.1, 0.15) is 24.2 Å². The van der Waals surface area contributed by atoms with Gasteiger partial charge in [0.1, 0.15) is 17.2 Å². The summed E-state index contributed by atoms with van der Waals surface area (Å²) in [7, 11) is 0. The van der Waals surface area contributed by atoms with Gasteiger partial charge in [-0.25, -0.2) is 13.6 Å². The molecule has 0 fully saturated rings. The molecule has 0 radical (unpaired) electrons. The number of nitrogens with one attached hydrogen (secondary N) is 2. The van der Waals surface area contributed by atoms with E-state index >= 15 is 0 Å². The molecular weight excluding hydrogens is 423 g/mol. The predicted octanol–water partition coefficient (Wildman–Crippen LogP) is 5.63. The van der Waals surface area contributed by atoms with Crippen molar-refractivity contribution in [2.24, 2.45) is 0 Å². The summed E-state index contributed by atoms with van der Waals surface area (Å²) in [6, 6.07) is 4.93. The summed E-state index contributed by atoms with van der Waals surface area (Å²) < 4.78 is 27.3. The molecule has 2 rings (SSSR count). The zero-order valence-electron chi connectivity index (χ0n) is 15.7. The van der Waals surface area contributed by atoms with E-state index in [4.69, 9.17) is 23.2 Å². The van der Waals surface area contributed by atoms with Gasteiger partial charge >= 0.3 is 6.03 Å². The number of imide groups is 1. The molecule has 0 saturated carbocycles. The van der Waals surface area contributed by atoms with Crippen molar-refractivity contribution >= 4 is 46.5 Å². The minimum atomic E-state index is -1.22. The van der Waals surface area contributed by atoms with E-state index in [1.165, 1.54) is 12.1 Å². The van der Waals surface area contributed by atoms with Crippen molar-refractivity contribution in [2.45, 2.75) is 19.9 Å². The molecule has 0 spiro atoms. The fourth-order valence-electron chi connectivity index (χ4n) is 2.65. The Balaban J connectivity index is 2.19. The zero-order chi connectivity index (χ0) is 21.7. The Labute approximate surface area is 177 Å². The van der Waals surface area contributed by atoms with Gasteiger partial charge in [-0.2, -0.15) is 0 Å². The number of carbonyl (C=O) groups is 2. The van der Waals surface area contributed by atoms with E-state index in [9.17, 15) is 18.4 Å². The van der Waals surface area contributed by atoms with Gasteiger partial charge in [-0.3, -0.25) is 10.1 Å². The van der Waals surface area contributed by atoms with Gasteiger partial charge in [-0.15, -0.1) is 6.58 Å². The van der Waals surface area contributed by atoms with Crippen molar-refractivity contribution in [1.82, 2.24) is 5.32 Å². The fraction of sp³-hybridized carbons (Fsp3) is 0.200. The van der Waals surface area contributed by atoms with Gasteiger partial charge in [-0.1, -0.05) is 35.3 Å². The molecule has 5 nitrogen and oxygen atoms in total. The van der Waals surface area contributed by atoms with E-state index in [1.807, 2.05) is 24.1 Å². The van der Waals surface area contributed by atoms with E-state index in [-0.39, 0.29) is 21.8 Å². The first-order valence-electron chi connectivity index (χ1n) is 8.58. The van der Waals surface area contributed by atoms with Gasteiger partial charge in [0.05, 0.1) is 15.7 Å². The number of hydrogen-bond donors (Lipinski definition) is 2. The first kappa shape index (κ1) is 22.6. The summed E-state index contributed by atoms with van der Waals surface area (Å²) in [5, 5.41) is 4.78. The van der Waals surface area contributed by atoms with Crippen LogP contribution < -0.4 is 15.5 Å². The summed E-state index contributed by atoms with van der Waals surface area (Å²) in [5.41, 5.74) is -0.0878. The van der Waals surface area contributed by atoms with Gasteiger partial charge in [-0.05, 0) is 38.1 Å². The second kappa shape index (κ2) is 9.71. The highest BCUT2D eigenvalue weighted by atomic mass is 35.5. The van der Waals surface area contributed by atoms with E-state index in [0.29, 0.717) is 12.2 Å². The van der Waals surface area contributed by atoms with E-state index in [1.54, 1.807) is 6.08 Å². The molecular formula is C20H19Cl2F2N3O2. The maximum atomic E-state index is 13.7. The molecule has 9 heteroatoms. The Morgan fingerprint density at radius 2 is 1.72 bits per heavy atom. The molecule has 2 aromatic rings. The van der Waals surface area contributed by atoms with Crippen LogP contribution in [0.5, 0.6) is 0 Å². The lowest BCUT2D eigenvalue weighted by Crippen LogP contribution is -2.35. The number of amides is 3. The lowest BCUT2D eigenvalue weighted by Gasteiger charge is -2.29. The molecule has 0 aliphatic rings. The molecule has 0 heterocycles. The Kier molecular flexibility index (Phi) is 7.59. The number of benzene rings is 2. The molecule has 2 aromatic carbocycles. The van der Waals surface area contributed by atoms with Crippen LogP contribution in [0.15, 0.2) is 43.0 Å². The first-order valence-corrected chi connectivity index (χ1v) is 9.34. The van der Waals surface area contributed by atoms with Crippen LogP contribution in [0.25, 0.3) is 0 Å². The van der Waals surface area contributed by atoms with Crippen LogP contribution in [-0.4, -0.2) is 24.5 Å². The van der Waals surface area contributed by atoms with Gasteiger partial charge < -0.3 is 10.2 Å². The Hall–Kier alpha value is -2.64. The standard InChI is InChI=1S/C20H19Cl2F2N3O2/c1-4-8-27(11(2)3)18-13(21)9-12(10-14(18)22)25-20(29)26-19(28)17-15(23)6-5-7-16(17)24/h4-7,9-11H,1,8H2,2-3H3,(H2,25,26,28,29). The number of hydrogen-bond acceptors (Lipinski definition) is 3. The Morgan fingerprint density at radius 3 is 2.21 bits per heavy atom. The number of carbonyl (C=O) groups excluding carboxylic acids is 2. The molecule has 0 unspecified atom stereocenters. The van der Waals surface area contributed by atoms with Gasteiger partial charge in [0.25, 0.3) is 5.91 Å². The van der Waals surface area contributed by atoms with Crippen LogP contribution in [0.2, 0.25) is 10.0 Å². The summed E-state index contributed by atoms with van der Waals surface area (Å²) in [4.78, 5) is 26.0. The smallest absolute Gasteiger partial charge is 0.326 e. The van der Waals surface area contributed by atoms with E-state index in [0.717, 1.165) is 18.2 Å². The lowest BCUT2D eigenvalue weighted by atomic mass is 10.2. The second-order valence-electron chi connectivity index (χ2n) is 6.33. The summed E-state index contributed by atoms with van der Waals surface area (Å²) in [6.45, 7) is 8.14. The second-order valence-corrected chi connectivity index (χ2v) is 7.14. The number of anilines is 2. The van der Waals surface area contributed by atoms with Gasteiger partial charge in [0.2, 0.25) is 0 Å². The molecule has 154 valence electrons. The molecule has 2 N–H and O–H groups in total. The minimum Gasteiger partial charge on any atom is -0.363 e. The molecule has 0 aliphatic carbocycles. The maximum Gasteiger partial charge on any atom is 0.326 e. The van der Waals surface area contributed by atoms with Crippen LogP contribution in [-0.2, 0) is 0 Å². The molecule has 0 bridgehead atoms. The summed E-state index contributed by atoms with van der Waals surface area (Å²) in [6.07, 6.45) is 1.71. The fourth-order valence-corrected chi connectivity index (χ4v) is 3.36. The number of urea groups is 1. The normalized spacial score (nSPS) is 10.6. The monoisotopic (exact) mass is 441 g/mol. The topological polar surface area (TPSA) is 61.4 Å². The predicted molar refractivity (Wildman–Crippen MR) is 112 cm³/mol. The highest BCUT2D eigenvalue weighted by Gasteiger charge is 2.21. The van der Waals surface area contributed by atoms with Crippen molar-refractivity contribution in [2.75, 3.05) is 16.8 Å². The van der Waals surface area contributed by atoms with Crippen LogP contribution in [0.3, 0.4) is 0 Å². The molecule has 0 saturated heterocycles. The third kappa shape index (κ3) is 5.46. The minimum absolute atomic E-state index is 0.0818. The number of halogens is 4. The Bertz CT molecular complexity index is 908. The van der Waals surface area contributed by atoms with Crippen molar-refractivity contribution in [3.05, 3.63) is 70.2 Å². The number of nitrogens with zero attached hydrogens (tertiary/aromatic N) is 1. The van der Waals surface area contributed by atoms with Crippen LogP contribution in [0, 0.1) is 11.6 Å². The van der Waals surface area contributed by atoms with Crippen molar-refractivity contribution < 1.29 is 18.4 Å². The first-order chi connectivity index (χ1) is 13.6. The molecule has 29 heavy (non-hydrogen) atoms. The van der Waals surface area contributed by atoms with E-state index < -0.39 is 29.1 Å². The molecule has 0 aliphatic heterocycles. The average Bonchev–Trinajstić information content (AvgIpc) is 2.59. The number of rotatable bonds is 6. The van der Waals surface area contributed by atoms with Crippen LogP contribution >= 0.6 is 23.2 Å². The van der Waals surface area contributed by atoms with Gasteiger partial charge in [0.15, 0.2) is 0 Å². The maximum absolute atomic E-state index is 13.7.